The van der Waals surface area contributed by atoms with Gasteiger partial charge in [-0.1, -0.05) is 27.5 Å². The van der Waals surface area contributed by atoms with E-state index in [0.717, 1.165) is 17.4 Å². The predicted molar refractivity (Wildman–Crippen MR) is 79.8 cm³/mol. The second-order valence-corrected chi connectivity index (χ2v) is 5.45. The molecule has 3 nitrogen and oxygen atoms in total. The topological polar surface area (TPSA) is 41.1 Å². The molecule has 1 atom stereocenters. The highest BCUT2D eigenvalue weighted by atomic mass is 79.9. The quantitative estimate of drug-likeness (QED) is 0.876. The second kappa shape index (κ2) is 7.34. The molecule has 6 heteroatoms. The number of hydrogen-bond donors (Lipinski definition) is 2. The normalized spacial score (nSPS) is 18.2. The number of rotatable bonds is 3. The van der Waals surface area contributed by atoms with Crippen LogP contribution in [0, 0.1) is 0 Å². The Morgan fingerprint density at radius 3 is 3.00 bits per heavy atom. The van der Waals surface area contributed by atoms with Crippen LogP contribution >= 0.6 is 39.9 Å². The molecule has 1 fully saturated rings. The van der Waals surface area contributed by atoms with Gasteiger partial charge in [0.2, 0.25) is 0 Å². The Morgan fingerprint density at radius 2 is 2.33 bits per heavy atom. The van der Waals surface area contributed by atoms with E-state index < -0.39 is 0 Å². The third-order valence-corrected chi connectivity index (χ3v) is 3.67. The van der Waals surface area contributed by atoms with E-state index in [1.54, 1.807) is 12.1 Å². The largest absolute Gasteiger partial charge is 0.350 e. The van der Waals surface area contributed by atoms with E-state index in [4.69, 9.17) is 11.6 Å². The highest BCUT2D eigenvalue weighted by molar-refractivity contribution is 9.10. The molecule has 0 aromatic heterocycles. The van der Waals surface area contributed by atoms with Gasteiger partial charge in [0, 0.05) is 17.1 Å². The molecule has 0 radical (unpaired) electrons. The van der Waals surface area contributed by atoms with E-state index in [1.807, 2.05) is 6.07 Å². The lowest BCUT2D eigenvalue weighted by molar-refractivity contribution is 0.0950. The Bertz CT molecular complexity index is 423. The van der Waals surface area contributed by atoms with Gasteiger partial charge in [-0.25, -0.2) is 0 Å². The molecule has 2 rings (SSSR count). The fourth-order valence-corrected chi connectivity index (χ4v) is 2.48. The lowest BCUT2D eigenvalue weighted by Crippen LogP contribution is -2.37. The zero-order chi connectivity index (χ0) is 12.3. The first kappa shape index (κ1) is 15.8. The van der Waals surface area contributed by atoms with Crippen molar-refractivity contribution in [1.29, 1.82) is 0 Å². The van der Waals surface area contributed by atoms with Gasteiger partial charge >= 0.3 is 0 Å². The maximum absolute atomic E-state index is 11.9. The smallest absolute Gasteiger partial charge is 0.252 e. The third-order valence-electron chi connectivity index (χ3n) is 2.84. The number of hydrogen-bond acceptors (Lipinski definition) is 2. The first-order valence-corrected chi connectivity index (χ1v) is 6.80. The lowest BCUT2D eigenvalue weighted by atomic mass is 10.2. The highest BCUT2D eigenvalue weighted by Crippen LogP contribution is 2.20. The van der Waals surface area contributed by atoms with Gasteiger partial charge in [0.1, 0.15) is 0 Å². The molecule has 1 aromatic carbocycles. The summed E-state index contributed by atoms with van der Waals surface area (Å²) in [6.45, 7) is 1.69. The Morgan fingerprint density at radius 1 is 1.56 bits per heavy atom. The number of benzene rings is 1. The fourth-order valence-electron chi connectivity index (χ4n) is 1.91. The fraction of sp³-hybridized carbons (Fsp3) is 0.417. The molecule has 1 heterocycles. The number of halogens is 3. The summed E-state index contributed by atoms with van der Waals surface area (Å²) in [6, 6.07) is 5.66. The summed E-state index contributed by atoms with van der Waals surface area (Å²) in [4.78, 5) is 11.9. The van der Waals surface area contributed by atoms with Crippen molar-refractivity contribution in [1.82, 2.24) is 10.6 Å². The van der Waals surface area contributed by atoms with Crippen LogP contribution < -0.4 is 10.6 Å². The molecule has 1 aliphatic heterocycles. The Kier molecular flexibility index (Phi) is 6.43. The molecule has 1 amide bonds. The van der Waals surface area contributed by atoms with E-state index in [0.29, 0.717) is 23.2 Å². The van der Waals surface area contributed by atoms with Gasteiger partial charge in [-0.3, -0.25) is 4.79 Å². The number of carbonyl (C=O) groups excluding carboxylic acids is 1. The van der Waals surface area contributed by atoms with Crippen molar-refractivity contribution in [2.45, 2.75) is 18.9 Å². The third kappa shape index (κ3) is 4.12. The van der Waals surface area contributed by atoms with Crippen molar-refractivity contribution in [2.75, 3.05) is 13.1 Å². The Balaban J connectivity index is 0.00000162. The van der Waals surface area contributed by atoms with E-state index in [1.165, 1.54) is 6.42 Å². The molecule has 2 N–H and O–H groups in total. The van der Waals surface area contributed by atoms with Crippen molar-refractivity contribution in [3.63, 3.8) is 0 Å². The maximum atomic E-state index is 11.9. The van der Waals surface area contributed by atoms with Crippen LogP contribution in [-0.4, -0.2) is 25.0 Å². The summed E-state index contributed by atoms with van der Waals surface area (Å²) in [5, 5.41) is 6.71. The zero-order valence-corrected chi connectivity index (χ0v) is 12.9. The van der Waals surface area contributed by atoms with Crippen molar-refractivity contribution in [2.24, 2.45) is 0 Å². The van der Waals surface area contributed by atoms with Crippen LogP contribution in [0.2, 0.25) is 5.02 Å². The van der Waals surface area contributed by atoms with Crippen LogP contribution in [0.25, 0.3) is 0 Å². The Hall–Kier alpha value is -0.290. The van der Waals surface area contributed by atoms with Crippen LogP contribution in [0.15, 0.2) is 22.7 Å². The molecule has 0 saturated carbocycles. The van der Waals surface area contributed by atoms with Gasteiger partial charge in [-0.15, -0.1) is 12.4 Å². The minimum Gasteiger partial charge on any atom is -0.350 e. The van der Waals surface area contributed by atoms with Crippen LogP contribution in [-0.2, 0) is 0 Å². The average molecular weight is 354 g/mol. The van der Waals surface area contributed by atoms with Gasteiger partial charge in [0.05, 0.1) is 10.6 Å². The summed E-state index contributed by atoms with van der Waals surface area (Å²) in [5.41, 5.74) is 0.513. The Labute approximate surface area is 126 Å². The predicted octanol–water partition coefficient (Wildman–Crippen LogP) is 3.01. The van der Waals surface area contributed by atoms with Crippen LogP contribution in [0.5, 0.6) is 0 Å². The standard InChI is InChI=1S/C12H14BrClN2O.ClH/c13-8-3-4-11(14)10(6-8)12(17)16-7-9-2-1-5-15-9;/h3-4,6,9,15H,1-2,5,7H2,(H,16,17);1H. The summed E-state index contributed by atoms with van der Waals surface area (Å²) in [7, 11) is 0. The SMILES string of the molecule is Cl.O=C(NCC1CCCN1)c1cc(Br)ccc1Cl. The molecule has 0 bridgehead atoms. The molecule has 0 aliphatic carbocycles. The van der Waals surface area contributed by atoms with E-state index in [9.17, 15) is 4.79 Å². The minimum atomic E-state index is -0.120. The molecule has 0 spiro atoms. The number of carbonyl (C=O) groups is 1. The van der Waals surface area contributed by atoms with E-state index in [-0.39, 0.29) is 18.3 Å². The monoisotopic (exact) mass is 352 g/mol. The number of nitrogens with one attached hydrogen (secondary N) is 2. The van der Waals surface area contributed by atoms with Crippen LogP contribution in [0.4, 0.5) is 0 Å². The molecule has 1 aliphatic rings. The van der Waals surface area contributed by atoms with Gasteiger partial charge < -0.3 is 10.6 Å². The van der Waals surface area contributed by atoms with Crippen molar-refractivity contribution in [3.8, 4) is 0 Å². The highest BCUT2D eigenvalue weighted by Gasteiger charge is 2.16. The summed E-state index contributed by atoms with van der Waals surface area (Å²) in [6.07, 6.45) is 2.30. The van der Waals surface area contributed by atoms with Crippen molar-refractivity contribution in [3.05, 3.63) is 33.3 Å². The average Bonchev–Trinajstić information content (AvgIpc) is 2.82. The first-order chi connectivity index (χ1) is 8.16. The lowest BCUT2D eigenvalue weighted by Gasteiger charge is -2.12. The second-order valence-electron chi connectivity index (χ2n) is 4.13. The summed E-state index contributed by atoms with van der Waals surface area (Å²) in [5.74, 6) is -0.120. The zero-order valence-electron chi connectivity index (χ0n) is 9.71. The number of amides is 1. The van der Waals surface area contributed by atoms with Gasteiger partial charge in [0.15, 0.2) is 0 Å². The molecule has 1 unspecified atom stereocenters. The molecule has 18 heavy (non-hydrogen) atoms. The van der Waals surface area contributed by atoms with Gasteiger partial charge in [-0.05, 0) is 37.6 Å². The van der Waals surface area contributed by atoms with Gasteiger partial charge in [-0.2, -0.15) is 0 Å². The van der Waals surface area contributed by atoms with Crippen molar-refractivity contribution < 1.29 is 4.79 Å². The minimum absolute atomic E-state index is 0. The van der Waals surface area contributed by atoms with Crippen LogP contribution in [0.3, 0.4) is 0 Å². The molecule has 100 valence electrons. The van der Waals surface area contributed by atoms with Gasteiger partial charge in [0.25, 0.3) is 5.91 Å². The first-order valence-electron chi connectivity index (χ1n) is 5.63. The summed E-state index contributed by atoms with van der Waals surface area (Å²) < 4.78 is 0.853. The van der Waals surface area contributed by atoms with E-state index in [2.05, 4.69) is 26.6 Å². The molecular formula is C12H15BrCl2N2O. The van der Waals surface area contributed by atoms with Crippen LogP contribution in [0.1, 0.15) is 23.2 Å². The maximum Gasteiger partial charge on any atom is 0.252 e. The summed E-state index contributed by atoms with van der Waals surface area (Å²) >= 11 is 9.32. The molecule has 1 saturated heterocycles. The van der Waals surface area contributed by atoms with Crippen molar-refractivity contribution >= 4 is 45.8 Å². The van der Waals surface area contributed by atoms with E-state index >= 15 is 0 Å². The molecular weight excluding hydrogens is 339 g/mol. The molecule has 1 aromatic rings.